The Hall–Kier alpha value is -2.10. The Balaban J connectivity index is 1.76. The minimum absolute atomic E-state index is 0.246. The van der Waals surface area contributed by atoms with Gasteiger partial charge in [0, 0.05) is 24.2 Å². The molecule has 2 aromatic rings. The van der Waals surface area contributed by atoms with Crippen molar-refractivity contribution < 1.29 is 9.53 Å². The summed E-state index contributed by atoms with van der Waals surface area (Å²) in [4.78, 5) is 18.3. The number of hydrogen-bond donors (Lipinski definition) is 0. The van der Waals surface area contributed by atoms with Crippen molar-refractivity contribution in [2.24, 2.45) is 0 Å². The number of benzene rings is 1. The molecule has 0 bridgehead atoms. The van der Waals surface area contributed by atoms with Crippen molar-refractivity contribution in [3.63, 3.8) is 0 Å². The molecule has 0 atom stereocenters. The van der Waals surface area contributed by atoms with Crippen molar-refractivity contribution in [3.8, 4) is 5.75 Å². The van der Waals surface area contributed by atoms with Crippen LogP contribution in [-0.4, -0.2) is 29.1 Å². The van der Waals surface area contributed by atoms with E-state index in [1.54, 1.807) is 11.0 Å². The molecule has 0 radical (unpaired) electrons. The van der Waals surface area contributed by atoms with Gasteiger partial charge in [0.05, 0.1) is 5.52 Å². The molecular formula is C16H18N2O2. The lowest BCUT2D eigenvalue weighted by atomic mass is 10.1. The van der Waals surface area contributed by atoms with Crippen LogP contribution in [0.25, 0.3) is 10.9 Å². The fourth-order valence-corrected chi connectivity index (χ4v) is 2.51. The minimum atomic E-state index is -0.246. The second-order valence-electron chi connectivity index (χ2n) is 5.22. The molecule has 1 saturated heterocycles. The molecule has 1 amide bonds. The Labute approximate surface area is 118 Å². The zero-order valence-corrected chi connectivity index (χ0v) is 11.6. The highest BCUT2D eigenvalue weighted by atomic mass is 16.6. The molecule has 3 rings (SSSR count). The highest BCUT2D eigenvalue weighted by Crippen LogP contribution is 2.21. The van der Waals surface area contributed by atoms with Crippen molar-refractivity contribution in [2.45, 2.75) is 26.2 Å². The van der Waals surface area contributed by atoms with Crippen LogP contribution in [0.15, 0.2) is 30.3 Å². The van der Waals surface area contributed by atoms with Crippen molar-refractivity contribution in [1.29, 1.82) is 0 Å². The Kier molecular flexibility index (Phi) is 3.54. The van der Waals surface area contributed by atoms with E-state index in [1.165, 1.54) is 6.42 Å². The van der Waals surface area contributed by atoms with Crippen molar-refractivity contribution in [2.75, 3.05) is 13.1 Å². The summed E-state index contributed by atoms with van der Waals surface area (Å²) in [5.41, 5.74) is 1.90. The van der Waals surface area contributed by atoms with Crippen LogP contribution in [0.3, 0.4) is 0 Å². The van der Waals surface area contributed by atoms with Gasteiger partial charge in [0.1, 0.15) is 5.75 Å². The van der Waals surface area contributed by atoms with E-state index in [-0.39, 0.29) is 6.09 Å². The van der Waals surface area contributed by atoms with Crippen LogP contribution in [0.5, 0.6) is 5.75 Å². The largest absolute Gasteiger partial charge is 0.415 e. The summed E-state index contributed by atoms with van der Waals surface area (Å²) in [5, 5.41) is 0.986. The Bertz CT molecular complexity index is 633. The molecule has 0 aliphatic carbocycles. The summed E-state index contributed by atoms with van der Waals surface area (Å²) >= 11 is 0. The lowest BCUT2D eigenvalue weighted by Gasteiger charge is -2.25. The van der Waals surface area contributed by atoms with E-state index >= 15 is 0 Å². The number of fused-ring (bicyclic) bond motifs is 1. The molecule has 20 heavy (non-hydrogen) atoms. The molecule has 0 saturated carbocycles. The molecule has 1 aromatic carbocycles. The van der Waals surface area contributed by atoms with Crippen molar-refractivity contribution in [1.82, 2.24) is 9.88 Å². The lowest BCUT2D eigenvalue weighted by molar-refractivity contribution is 0.142. The van der Waals surface area contributed by atoms with Crippen LogP contribution < -0.4 is 4.74 Å². The summed E-state index contributed by atoms with van der Waals surface area (Å²) in [5.74, 6) is 0.582. The number of hydrogen-bond acceptors (Lipinski definition) is 3. The number of piperidine rings is 1. The smallest absolute Gasteiger partial charge is 0.410 e. The first-order valence-electron chi connectivity index (χ1n) is 7.06. The minimum Gasteiger partial charge on any atom is -0.410 e. The molecule has 2 heterocycles. The van der Waals surface area contributed by atoms with Gasteiger partial charge in [0.2, 0.25) is 0 Å². The van der Waals surface area contributed by atoms with Crippen LogP contribution in [0.4, 0.5) is 4.79 Å². The van der Waals surface area contributed by atoms with Gasteiger partial charge in [-0.3, -0.25) is 4.98 Å². The molecule has 0 unspecified atom stereocenters. The van der Waals surface area contributed by atoms with Gasteiger partial charge in [0.15, 0.2) is 0 Å². The summed E-state index contributed by atoms with van der Waals surface area (Å²) in [6.07, 6.45) is 3.08. The number of amides is 1. The number of carbonyl (C=O) groups is 1. The number of rotatable bonds is 1. The zero-order chi connectivity index (χ0) is 13.9. The monoisotopic (exact) mass is 270 g/mol. The van der Waals surface area contributed by atoms with E-state index in [0.717, 1.165) is 42.5 Å². The standard InChI is InChI=1S/C16H18N2O2/c1-12-5-6-13-11-14(7-8-15(13)17-12)20-16(19)18-9-3-2-4-10-18/h5-8,11H,2-4,9-10H2,1H3. The Morgan fingerprint density at radius 2 is 1.95 bits per heavy atom. The highest BCUT2D eigenvalue weighted by Gasteiger charge is 2.18. The number of pyridine rings is 1. The van der Waals surface area contributed by atoms with E-state index in [9.17, 15) is 4.79 Å². The zero-order valence-electron chi connectivity index (χ0n) is 11.6. The van der Waals surface area contributed by atoms with E-state index in [0.29, 0.717) is 5.75 Å². The molecule has 1 aromatic heterocycles. The van der Waals surface area contributed by atoms with E-state index in [2.05, 4.69) is 4.98 Å². The maximum atomic E-state index is 12.0. The van der Waals surface area contributed by atoms with Gasteiger partial charge >= 0.3 is 6.09 Å². The number of nitrogens with zero attached hydrogens (tertiary/aromatic N) is 2. The summed E-state index contributed by atoms with van der Waals surface area (Å²) in [7, 11) is 0. The van der Waals surface area contributed by atoms with Crippen LogP contribution in [0.1, 0.15) is 25.0 Å². The van der Waals surface area contributed by atoms with Crippen molar-refractivity contribution >= 4 is 17.0 Å². The number of likely N-dealkylation sites (tertiary alicyclic amines) is 1. The number of carbonyl (C=O) groups excluding carboxylic acids is 1. The van der Waals surface area contributed by atoms with E-state index < -0.39 is 0 Å². The fraction of sp³-hybridized carbons (Fsp3) is 0.375. The molecule has 0 N–H and O–H groups in total. The average molecular weight is 270 g/mol. The number of ether oxygens (including phenoxy) is 1. The predicted molar refractivity (Wildman–Crippen MR) is 77.9 cm³/mol. The molecule has 1 aliphatic heterocycles. The topological polar surface area (TPSA) is 42.4 Å². The second-order valence-corrected chi connectivity index (χ2v) is 5.22. The number of aryl methyl sites for hydroxylation is 1. The normalized spacial score (nSPS) is 15.3. The third-order valence-corrected chi connectivity index (χ3v) is 3.62. The van der Waals surface area contributed by atoms with Crippen LogP contribution >= 0.6 is 0 Å². The first-order chi connectivity index (χ1) is 9.72. The summed E-state index contributed by atoms with van der Waals surface area (Å²) in [6, 6.07) is 9.51. The van der Waals surface area contributed by atoms with Gasteiger partial charge in [-0.15, -0.1) is 0 Å². The summed E-state index contributed by atoms with van der Waals surface area (Å²) < 4.78 is 5.45. The maximum absolute atomic E-state index is 12.0. The molecule has 1 aliphatic rings. The van der Waals surface area contributed by atoms with Gasteiger partial charge in [-0.25, -0.2) is 4.79 Å². The highest BCUT2D eigenvalue weighted by molar-refractivity contribution is 5.81. The second kappa shape index (κ2) is 5.49. The predicted octanol–water partition coefficient (Wildman–Crippen LogP) is 3.53. The van der Waals surface area contributed by atoms with Gasteiger partial charge in [0.25, 0.3) is 0 Å². The molecule has 0 spiro atoms. The Morgan fingerprint density at radius 3 is 2.75 bits per heavy atom. The SMILES string of the molecule is Cc1ccc2cc(OC(=O)N3CCCCC3)ccc2n1. The van der Waals surface area contributed by atoms with Gasteiger partial charge < -0.3 is 9.64 Å². The average Bonchev–Trinajstić information content (AvgIpc) is 2.48. The first kappa shape index (κ1) is 12.9. The Morgan fingerprint density at radius 1 is 1.15 bits per heavy atom. The van der Waals surface area contributed by atoms with Gasteiger partial charge in [-0.05, 0) is 50.5 Å². The van der Waals surface area contributed by atoms with Gasteiger partial charge in [-0.2, -0.15) is 0 Å². The fourth-order valence-electron chi connectivity index (χ4n) is 2.51. The summed E-state index contributed by atoms with van der Waals surface area (Å²) in [6.45, 7) is 3.56. The molecule has 4 nitrogen and oxygen atoms in total. The van der Waals surface area contributed by atoms with Crippen molar-refractivity contribution in [3.05, 3.63) is 36.0 Å². The van der Waals surface area contributed by atoms with Crippen LogP contribution in [0.2, 0.25) is 0 Å². The molecule has 104 valence electrons. The number of aromatic nitrogens is 1. The molecule has 1 fully saturated rings. The van der Waals surface area contributed by atoms with E-state index in [4.69, 9.17) is 4.74 Å². The molecular weight excluding hydrogens is 252 g/mol. The quantitative estimate of drug-likeness (QED) is 0.796. The lowest BCUT2D eigenvalue weighted by Crippen LogP contribution is -2.37. The third kappa shape index (κ3) is 2.74. The molecule has 4 heteroatoms. The first-order valence-corrected chi connectivity index (χ1v) is 7.06. The van der Waals surface area contributed by atoms with Crippen LogP contribution in [-0.2, 0) is 0 Å². The van der Waals surface area contributed by atoms with Gasteiger partial charge in [-0.1, -0.05) is 6.07 Å². The maximum Gasteiger partial charge on any atom is 0.415 e. The third-order valence-electron chi connectivity index (χ3n) is 3.62. The van der Waals surface area contributed by atoms with Crippen LogP contribution in [0, 0.1) is 6.92 Å². The van der Waals surface area contributed by atoms with E-state index in [1.807, 2.05) is 31.2 Å².